The molecule has 0 radical (unpaired) electrons. The van der Waals surface area contributed by atoms with Gasteiger partial charge in [0.25, 0.3) is 5.91 Å². The van der Waals surface area contributed by atoms with Crippen LogP contribution in [-0.4, -0.2) is 40.1 Å². The van der Waals surface area contributed by atoms with Gasteiger partial charge in [0.05, 0.1) is 5.92 Å². The molecule has 1 aromatic rings. The van der Waals surface area contributed by atoms with Gasteiger partial charge in [-0.05, 0) is 37.1 Å². The number of amides is 1. The average Bonchev–Trinajstić information content (AvgIpc) is 2.81. The fourth-order valence-corrected chi connectivity index (χ4v) is 2.12. The number of phenols is 1. The Morgan fingerprint density at radius 2 is 2.11 bits per heavy atom. The number of carboxylic acid groups (broad SMARTS) is 1. The van der Waals surface area contributed by atoms with Gasteiger partial charge in [-0.2, -0.15) is 0 Å². The van der Waals surface area contributed by atoms with Crippen molar-refractivity contribution in [2.24, 2.45) is 5.92 Å². The molecule has 5 heteroatoms. The second-order valence-electron chi connectivity index (χ2n) is 4.58. The Morgan fingerprint density at radius 3 is 2.67 bits per heavy atom. The molecule has 2 rings (SSSR count). The third-order valence-electron chi connectivity index (χ3n) is 3.27. The summed E-state index contributed by atoms with van der Waals surface area (Å²) in [5.74, 6) is -1.35. The van der Waals surface area contributed by atoms with Crippen LogP contribution in [0.4, 0.5) is 0 Å². The number of aryl methyl sites for hydroxylation is 1. The first-order valence-electron chi connectivity index (χ1n) is 5.80. The van der Waals surface area contributed by atoms with Gasteiger partial charge in [-0.25, -0.2) is 0 Å². The molecule has 1 aliphatic heterocycles. The maximum absolute atomic E-state index is 12.1. The molecule has 1 saturated heterocycles. The van der Waals surface area contributed by atoms with Gasteiger partial charge in [0, 0.05) is 18.7 Å². The number of likely N-dealkylation sites (tertiary alicyclic amines) is 1. The monoisotopic (exact) mass is 249 g/mol. The number of hydrogen-bond donors (Lipinski definition) is 2. The van der Waals surface area contributed by atoms with E-state index in [1.807, 2.05) is 0 Å². The van der Waals surface area contributed by atoms with E-state index in [-0.39, 0.29) is 18.2 Å². The number of carboxylic acids is 1. The highest BCUT2D eigenvalue weighted by atomic mass is 16.4. The number of hydrogen-bond acceptors (Lipinski definition) is 3. The molecule has 0 aliphatic carbocycles. The Balaban J connectivity index is 2.12. The maximum Gasteiger partial charge on any atom is 0.308 e. The molecule has 1 amide bonds. The van der Waals surface area contributed by atoms with Gasteiger partial charge in [0.1, 0.15) is 5.75 Å². The summed E-state index contributed by atoms with van der Waals surface area (Å²) >= 11 is 0. The third kappa shape index (κ3) is 2.30. The summed E-state index contributed by atoms with van der Waals surface area (Å²) in [4.78, 5) is 24.5. The van der Waals surface area contributed by atoms with Crippen LogP contribution in [0.1, 0.15) is 22.3 Å². The average molecular weight is 249 g/mol. The van der Waals surface area contributed by atoms with E-state index in [9.17, 15) is 14.7 Å². The number of aliphatic carboxylic acids is 1. The summed E-state index contributed by atoms with van der Waals surface area (Å²) in [5.41, 5.74) is 1.12. The van der Waals surface area contributed by atoms with Crippen LogP contribution in [0.2, 0.25) is 0 Å². The summed E-state index contributed by atoms with van der Waals surface area (Å²) in [6.45, 7) is 2.44. The van der Waals surface area contributed by atoms with Crippen molar-refractivity contribution in [3.05, 3.63) is 29.3 Å². The Bertz CT molecular complexity index is 498. The topological polar surface area (TPSA) is 77.8 Å². The van der Waals surface area contributed by atoms with Gasteiger partial charge in [-0.3, -0.25) is 9.59 Å². The van der Waals surface area contributed by atoms with E-state index >= 15 is 0 Å². The van der Waals surface area contributed by atoms with Gasteiger partial charge in [-0.1, -0.05) is 0 Å². The molecule has 2 N–H and O–H groups in total. The van der Waals surface area contributed by atoms with E-state index in [0.717, 1.165) is 0 Å². The summed E-state index contributed by atoms with van der Waals surface area (Å²) < 4.78 is 0. The van der Waals surface area contributed by atoms with Crippen LogP contribution >= 0.6 is 0 Å². The molecule has 96 valence electrons. The van der Waals surface area contributed by atoms with Gasteiger partial charge in [0.2, 0.25) is 0 Å². The molecule has 1 aliphatic rings. The number of aromatic hydroxyl groups is 1. The molecule has 0 bridgehead atoms. The Hall–Kier alpha value is -2.04. The molecular weight excluding hydrogens is 234 g/mol. The minimum atomic E-state index is -0.854. The zero-order valence-corrected chi connectivity index (χ0v) is 10.1. The number of carbonyl (C=O) groups excluding carboxylic acids is 1. The van der Waals surface area contributed by atoms with Gasteiger partial charge < -0.3 is 15.1 Å². The van der Waals surface area contributed by atoms with E-state index in [1.165, 1.54) is 6.07 Å². The number of benzene rings is 1. The Morgan fingerprint density at radius 1 is 1.39 bits per heavy atom. The second kappa shape index (κ2) is 4.68. The lowest BCUT2D eigenvalue weighted by Crippen LogP contribution is -2.29. The molecule has 1 unspecified atom stereocenters. The van der Waals surface area contributed by atoms with Crippen LogP contribution in [-0.2, 0) is 4.79 Å². The van der Waals surface area contributed by atoms with Crippen LogP contribution in [0.25, 0.3) is 0 Å². The SMILES string of the molecule is Cc1cc(C(=O)N2CCC(C(=O)O)C2)ccc1O. The summed E-state index contributed by atoms with van der Waals surface area (Å²) in [6.07, 6.45) is 0.498. The fraction of sp³-hybridized carbons (Fsp3) is 0.385. The van der Waals surface area contributed by atoms with E-state index in [0.29, 0.717) is 24.1 Å². The molecule has 1 atom stereocenters. The number of phenolic OH excluding ortho intramolecular Hbond substituents is 1. The smallest absolute Gasteiger partial charge is 0.308 e. The Labute approximate surface area is 105 Å². The Kier molecular flexibility index (Phi) is 3.23. The fourth-order valence-electron chi connectivity index (χ4n) is 2.12. The van der Waals surface area contributed by atoms with E-state index < -0.39 is 11.9 Å². The van der Waals surface area contributed by atoms with Crippen LogP contribution in [0.15, 0.2) is 18.2 Å². The standard InChI is InChI=1S/C13H15NO4/c1-8-6-9(2-3-11(8)15)12(16)14-5-4-10(7-14)13(17)18/h2-3,6,10,15H,4-5,7H2,1H3,(H,17,18). The largest absolute Gasteiger partial charge is 0.508 e. The third-order valence-corrected chi connectivity index (χ3v) is 3.27. The molecular formula is C13H15NO4. The zero-order valence-electron chi connectivity index (χ0n) is 10.1. The molecule has 5 nitrogen and oxygen atoms in total. The maximum atomic E-state index is 12.1. The van der Waals surface area contributed by atoms with E-state index in [2.05, 4.69) is 0 Å². The van der Waals surface area contributed by atoms with Crippen LogP contribution in [0.3, 0.4) is 0 Å². The van der Waals surface area contributed by atoms with E-state index in [1.54, 1.807) is 24.0 Å². The highest BCUT2D eigenvalue weighted by Gasteiger charge is 2.31. The molecule has 0 saturated carbocycles. The van der Waals surface area contributed by atoms with Crippen LogP contribution < -0.4 is 0 Å². The highest BCUT2D eigenvalue weighted by molar-refractivity contribution is 5.95. The van der Waals surface area contributed by atoms with Gasteiger partial charge >= 0.3 is 5.97 Å². The molecule has 0 spiro atoms. The van der Waals surface area contributed by atoms with Crippen molar-refractivity contribution in [1.29, 1.82) is 0 Å². The van der Waals surface area contributed by atoms with Crippen molar-refractivity contribution in [2.75, 3.05) is 13.1 Å². The van der Waals surface area contributed by atoms with Crippen molar-refractivity contribution in [3.8, 4) is 5.75 Å². The molecule has 0 aromatic heterocycles. The van der Waals surface area contributed by atoms with E-state index in [4.69, 9.17) is 5.11 Å². The first-order valence-corrected chi connectivity index (χ1v) is 5.80. The lowest BCUT2D eigenvalue weighted by Gasteiger charge is -2.16. The summed E-state index contributed by atoms with van der Waals surface area (Å²) in [6, 6.07) is 4.65. The second-order valence-corrected chi connectivity index (χ2v) is 4.58. The first-order chi connectivity index (χ1) is 8.49. The van der Waals surface area contributed by atoms with Crippen molar-refractivity contribution in [2.45, 2.75) is 13.3 Å². The highest BCUT2D eigenvalue weighted by Crippen LogP contribution is 2.22. The predicted octanol–water partition coefficient (Wildman–Crippen LogP) is 1.25. The quantitative estimate of drug-likeness (QED) is 0.826. The molecule has 18 heavy (non-hydrogen) atoms. The zero-order chi connectivity index (χ0) is 13.3. The summed E-state index contributed by atoms with van der Waals surface area (Å²) in [5, 5.41) is 18.3. The number of nitrogens with zero attached hydrogens (tertiary/aromatic N) is 1. The first kappa shape index (κ1) is 12.4. The van der Waals surface area contributed by atoms with Crippen molar-refractivity contribution >= 4 is 11.9 Å². The lowest BCUT2D eigenvalue weighted by atomic mass is 10.1. The van der Waals surface area contributed by atoms with Crippen LogP contribution in [0.5, 0.6) is 5.75 Å². The van der Waals surface area contributed by atoms with Crippen molar-refractivity contribution in [1.82, 2.24) is 4.90 Å². The predicted molar refractivity (Wildman–Crippen MR) is 64.5 cm³/mol. The molecule has 1 fully saturated rings. The molecule has 1 aromatic carbocycles. The number of rotatable bonds is 2. The minimum absolute atomic E-state index is 0.149. The lowest BCUT2D eigenvalue weighted by molar-refractivity contribution is -0.141. The normalized spacial score (nSPS) is 18.9. The minimum Gasteiger partial charge on any atom is -0.508 e. The van der Waals surface area contributed by atoms with Crippen molar-refractivity contribution in [3.63, 3.8) is 0 Å². The van der Waals surface area contributed by atoms with Crippen molar-refractivity contribution < 1.29 is 19.8 Å². The number of carbonyl (C=O) groups is 2. The molecule has 1 heterocycles. The summed E-state index contributed by atoms with van der Waals surface area (Å²) in [7, 11) is 0. The van der Waals surface area contributed by atoms with Gasteiger partial charge in [0.15, 0.2) is 0 Å². The van der Waals surface area contributed by atoms with Crippen LogP contribution in [0, 0.1) is 12.8 Å². The van der Waals surface area contributed by atoms with Gasteiger partial charge in [-0.15, -0.1) is 0 Å².